The van der Waals surface area contributed by atoms with Gasteiger partial charge in [0.25, 0.3) is 5.69 Å². The average molecular weight is 353 g/mol. The monoisotopic (exact) mass is 351 g/mol. The molecule has 1 heterocycles. The molecule has 0 radical (unpaired) electrons. The second-order valence-electron chi connectivity index (χ2n) is 4.28. The quantitative estimate of drug-likeness (QED) is 0.569. The van der Waals surface area contributed by atoms with Crippen molar-refractivity contribution in [3.8, 4) is 0 Å². The van der Waals surface area contributed by atoms with E-state index in [1.54, 1.807) is 12.1 Å². The van der Waals surface area contributed by atoms with Gasteiger partial charge in [0.05, 0.1) is 11.5 Å². The maximum Gasteiger partial charge on any atom is 0.293 e. The number of benzene rings is 1. The normalized spacial score (nSPS) is 21.8. The molecule has 19 heavy (non-hydrogen) atoms. The Hall–Kier alpha value is -0.890. The van der Waals surface area contributed by atoms with Crippen LogP contribution >= 0.6 is 28.3 Å². The Morgan fingerprint density at radius 2 is 2.32 bits per heavy atom. The van der Waals surface area contributed by atoms with Crippen molar-refractivity contribution in [2.24, 2.45) is 0 Å². The molecule has 1 aromatic rings. The van der Waals surface area contributed by atoms with Crippen LogP contribution < -0.4 is 10.6 Å². The van der Waals surface area contributed by atoms with Gasteiger partial charge >= 0.3 is 0 Å². The highest BCUT2D eigenvalue weighted by atomic mass is 79.9. The molecule has 0 saturated carbocycles. The molecular formula is C11H15BrClN3O3. The van der Waals surface area contributed by atoms with Crippen molar-refractivity contribution in [2.75, 3.05) is 18.5 Å². The van der Waals surface area contributed by atoms with E-state index in [1.807, 2.05) is 0 Å². The van der Waals surface area contributed by atoms with Crippen molar-refractivity contribution in [1.29, 1.82) is 0 Å². The van der Waals surface area contributed by atoms with E-state index in [0.717, 1.165) is 6.42 Å². The molecule has 0 aromatic heterocycles. The molecule has 0 bridgehead atoms. The third-order valence-corrected chi connectivity index (χ3v) is 3.45. The Morgan fingerprint density at radius 1 is 1.58 bits per heavy atom. The van der Waals surface area contributed by atoms with Crippen LogP contribution in [0.4, 0.5) is 11.4 Å². The van der Waals surface area contributed by atoms with Gasteiger partial charge < -0.3 is 15.7 Å². The van der Waals surface area contributed by atoms with Gasteiger partial charge in [-0.1, -0.05) is 15.9 Å². The number of nitrogens with one attached hydrogen (secondary N) is 2. The molecule has 0 spiro atoms. The molecule has 0 aliphatic carbocycles. The predicted octanol–water partition coefficient (Wildman–Crippen LogP) is 1.91. The number of halogens is 2. The van der Waals surface area contributed by atoms with E-state index in [0.29, 0.717) is 16.7 Å². The Balaban J connectivity index is 0.00000180. The molecule has 1 aliphatic heterocycles. The van der Waals surface area contributed by atoms with Crippen LogP contribution in [-0.4, -0.2) is 35.3 Å². The zero-order valence-electron chi connectivity index (χ0n) is 10.0. The Labute approximate surface area is 125 Å². The van der Waals surface area contributed by atoms with E-state index in [1.165, 1.54) is 6.07 Å². The van der Waals surface area contributed by atoms with Crippen LogP contribution in [0.25, 0.3) is 0 Å². The zero-order valence-corrected chi connectivity index (χ0v) is 12.4. The molecule has 0 unspecified atom stereocenters. The number of nitro benzene ring substituents is 1. The third kappa shape index (κ3) is 4.04. The number of hydrogen-bond donors (Lipinski definition) is 3. The van der Waals surface area contributed by atoms with Crippen molar-refractivity contribution < 1.29 is 10.0 Å². The second kappa shape index (κ2) is 7.04. The Morgan fingerprint density at radius 3 is 2.89 bits per heavy atom. The lowest BCUT2D eigenvalue weighted by molar-refractivity contribution is -0.384. The second-order valence-corrected chi connectivity index (χ2v) is 5.20. The molecule has 1 aliphatic rings. The molecule has 106 valence electrons. The highest BCUT2D eigenvalue weighted by molar-refractivity contribution is 9.10. The van der Waals surface area contributed by atoms with E-state index in [9.17, 15) is 10.1 Å². The first-order chi connectivity index (χ1) is 8.60. The lowest BCUT2D eigenvalue weighted by atomic mass is 10.1. The van der Waals surface area contributed by atoms with Gasteiger partial charge in [-0.15, -0.1) is 12.4 Å². The summed E-state index contributed by atoms with van der Waals surface area (Å²) >= 11 is 3.22. The van der Waals surface area contributed by atoms with Gasteiger partial charge in [0, 0.05) is 29.2 Å². The Kier molecular flexibility index (Phi) is 5.99. The van der Waals surface area contributed by atoms with E-state index in [2.05, 4.69) is 26.6 Å². The summed E-state index contributed by atoms with van der Waals surface area (Å²) in [5, 5.41) is 26.3. The molecule has 1 saturated heterocycles. The molecule has 0 amide bonds. The zero-order chi connectivity index (χ0) is 13.1. The first-order valence-corrected chi connectivity index (χ1v) is 6.44. The highest BCUT2D eigenvalue weighted by Gasteiger charge is 2.25. The maximum absolute atomic E-state index is 11.0. The van der Waals surface area contributed by atoms with Gasteiger partial charge in [-0.2, -0.15) is 0 Å². The fourth-order valence-corrected chi connectivity index (χ4v) is 2.41. The van der Waals surface area contributed by atoms with Crippen LogP contribution in [-0.2, 0) is 0 Å². The number of aliphatic hydroxyl groups excluding tert-OH is 1. The molecule has 2 rings (SSSR count). The summed E-state index contributed by atoms with van der Waals surface area (Å²) in [6.45, 7) is 0.777. The third-order valence-electron chi connectivity index (χ3n) is 2.96. The first kappa shape index (κ1) is 16.2. The van der Waals surface area contributed by atoms with Crippen LogP contribution in [0.2, 0.25) is 0 Å². The summed E-state index contributed by atoms with van der Waals surface area (Å²) in [5.74, 6) is 0. The first-order valence-electron chi connectivity index (χ1n) is 5.65. The summed E-state index contributed by atoms with van der Waals surface area (Å²) in [7, 11) is 0. The van der Waals surface area contributed by atoms with Crippen LogP contribution in [0, 0.1) is 10.1 Å². The summed E-state index contributed by atoms with van der Waals surface area (Å²) in [4.78, 5) is 10.6. The number of nitrogens with zero attached hydrogens (tertiary/aromatic N) is 1. The highest BCUT2D eigenvalue weighted by Crippen LogP contribution is 2.29. The minimum atomic E-state index is -0.404. The molecule has 8 heteroatoms. The van der Waals surface area contributed by atoms with Crippen LogP contribution in [0.5, 0.6) is 0 Å². The van der Waals surface area contributed by atoms with Crippen LogP contribution in [0.1, 0.15) is 6.42 Å². The average Bonchev–Trinajstić information content (AvgIpc) is 2.79. The number of nitro groups is 1. The molecule has 1 fully saturated rings. The summed E-state index contributed by atoms with van der Waals surface area (Å²) in [6.07, 6.45) is 0.754. The van der Waals surface area contributed by atoms with Crippen molar-refractivity contribution in [2.45, 2.75) is 18.5 Å². The summed E-state index contributed by atoms with van der Waals surface area (Å²) in [5.41, 5.74) is 0.561. The van der Waals surface area contributed by atoms with Gasteiger partial charge in [-0.25, -0.2) is 0 Å². The summed E-state index contributed by atoms with van der Waals surface area (Å²) < 4.78 is 0.678. The van der Waals surface area contributed by atoms with Gasteiger partial charge in [0.1, 0.15) is 5.69 Å². The SMILES string of the molecule is Cl.O=[N+]([O-])c1cc(Br)ccc1N[C@H]1CN[C@H](CO)C1. The molecule has 3 N–H and O–H groups in total. The standard InChI is InChI=1S/C11H14BrN3O3.ClH/c12-7-1-2-10(11(3-7)15(17)18)14-8-4-9(6-16)13-5-8;/h1-3,8-9,13-14,16H,4-6H2;1H/t8-,9+;/m1./s1. The lowest BCUT2D eigenvalue weighted by Gasteiger charge is -2.13. The fraction of sp³-hybridized carbons (Fsp3) is 0.455. The minimum Gasteiger partial charge on any atom is -0.395 e. The molecular weight excluding hydrogens is 337 g/mol. The lowest BCUT2D eigenvalue weighted by Crippen LogP contribution is -2.25. The van der Waals surface area contributed by atoms with Crippen molar-refractivity contribution in [3.63, 3.8) is 0 Å². The molecule has 2 atom stereocenters. The van der Waals surface area contributed by atoms with Gasteiger partial charge in [-0.05, 0) is 18.6 Å². The van der Waals surface area contributed by atoms with Crippen molar-refractivity contribution in [3.05, 3.63) is 32.8 Å². The van der Waals surface area contributed by atoms with Crippen molar-refractivity contribution >= 4 is 39.7 Å². The van der Waals surface area contributed by atoms with E-state index in [-0.39, 0.29) is 36.8 Å². The van der Waals surface area contributed by atoms with Gasteiger partial charge in [0.2, 0.25) is 0 Å². The predicted molar refractivity (Wildman–Crippen MR) is 78.9 cm³/mol. The smallest absolute Gasteiger partial charge is 0.293 e. The van der Waals surface area contributed by atoms with Crippen LogP contribution in [0.3, 0.4) is 0 Å². The van der Waals surface area contributed by atoms with E-state index >= 15 is 0 Å². The molecule has 6 nitrogen and oxygen atoms in total. The minimum absolute atomic E-state index is 0. The van der Waals surface area contributed by atoms with E-state index < -0.39 is 4.92 Å². The molecule has 1 aromatic carbocycles. The maximum atomic E-state index is 11.0. The number of anilines is 1. The Bertz CT molecular complexity index is 461. The van der Waals surface area contributed by atoms with Crippen molar-refractivity contribution in [1.82, 2.24) is 5.32 Å². The van der Waals surface area contributed by atoms with Gasteiger partial charge in [0.15, 0.2) is 0 Å². The van der Waals surface area contributed by atoms with Crippen LogP contribution in [0.15, 0.2) is 22.7 Å². The van der Waals surface area contributed by atoms with E-state index in [4.69, 9.17) is 5.11 Å². The summed E-state index contributed by atoms with van der Waals surface area (Å²) in [6, 6.07) is 5.10. The number of aliphatic hydroxyl groups is 1. The number of hydrogen-bond acceptors (Lipinski definition) is 5. The fourth-order valence-electron chi connectivity index (χ4n) is 2.07. The largest absolute Gasteiger partial charge is 0.395 e. The van der Waals surface area contributed by atoms with Gasteiger partial charge in [-0.3, -0.25) is 10.1 Å². The number of rotatable bonds is 4. The topological polar surface area (TPSA) is 87.4 Å².